The number of fused-ring (bicyclic) bond motifs is 3. The van der Waals surface area contributed by atoms with Crippen LogP contribution in [0, 0.1) is 10.1 Å². The lowest BCUT2D eigenvalue weighted by Gasteiger charge is -2.31. The van der Waals surface area contributed by atoms with Gasteiger partial charge in [-0.1, -0.05) is 41.7 Å². The zero-order valence-corrected chi connectivity index (χ0v) is 21.9. The molecule has 0 fully saturated rings. The molecule has 10 heteroatoms. The van der Waals surface area contributed by atoms with Crippen molar-refractivity contribution < 1.29 is 19.5 Å². The smallest absolute Gasteiger partial charge is 0.271 e. The van der Waals surface area contributed by atoms with E-state index in [1.807, 2.05) is 30.3 Å². The summed E-state index contributed by atoms with van der Waals surface area (Å²) in [7, 11) is 3.16. The molecule has 0 unspecified atom stereocenters. The van der Waals surface area contributed by atoms with Crippen molar-refractivity contribution in [3.63, 3.8) is 0 Å². The molecule has 0 saturated heterocycles. The van der Waals surface area contributed by atoms with Crippen molar-refractivity contribution >= 4 is 28.8 Å². The second kappa shape index (κ2) is 9.55. The van der Waals surface area contributed by atoms with Gasteiger partial charge in [0.2, 0.25) is 0 Å². The fraction of sp³-hybridized carbons (Fsp3) is 0.172. The summed E-state index contributed by atoms with van der Waals surface area (Å²) in [6.07, 6.45) is 2.90. The van der Waals surface area contributed by atoms with Crippen LogP contribution in [0.15, 0.2) is 76.0 Å². The van der Waals surface area contributed by atoms with Crippen LogP contribution in [0.5, 0.6) is 17.2 Å². The van der Waals surface area contributed by atoms with Crippen LogP contribution in [0.2, 0.25) is 0 Å². The molecule has 2 aliphatic rings. The molecule has 2 heterocycles. The average Bonchev–Trinajstić information content (AvgIpc) is 3.26. The number of aromatic nitrogens is 1. The zero-order chi connectivity index (χ0) is 27.3. The van der Waals surface area contributed by atoms with Crippen molar-refractivity contribution in [3.05, 3.63) is 118 Å². The molecule has 0 saturated carbocycles. The predicted molar refractivity (Wildman–Crippen MR) is 145 cm³/mol. The minimum absolute atomic E-state index is 0.0686. The van der Waals surface area contributed by atoms with E-state index in [-0.39, 0.29) is 21.3 Å². The Morgan fingerprint density at radius 3 is 2.67 bits per heavy atom. The molecule has 0 amide bonds. The van der Waals surface area contributed by atoms with Gasteiger partial charge < -0.3 is 14.6 Å². The summed E-state index contributed by atoms with van der Waals surface area (Å²) in [4.78, 5) is 30.1. The van der Waals surface area contributed by atoms with E-state index in [4.69, 9.17) is 14.5 Å². The van der Waals surface area contributed by atoms with Crippen LogP contribution in [-0.2, 0) is 6.42 Å². The summed E-state index contributed by atoms with van der Waals surface area (Å²) in [5, 5.41) is 23.8. The van der Waals surface area contributed by atoms with Crippen LogP contribution in [0.3, 0.4) is 0 Å². The number of allylic oxidation sites excluding steroid dienone is 1. The third kappa shape index (κ3) is 4.09. The normalized spacial score (nSPS) is 16.2. The topological polar surface area (TPSA) is 119 Å². The van der Waals surface area contributed by atoms with Crippen molar-refractivity contribution in [3.8, 4) is 17.2 Å². The number of rotatable bonds is 5. The van der Waals surface area contributed by atoms with Gasteiger partial charge in [-0.3, -0.25) is 19.5 Å². The molecule has 1 aliphatic heterocycles. The van der Waals surface area contributed by atoms with Crippen molar-refractivity contribution in [1.82, 2.24) is 4.57 Å². The predicted octanol–water partition coefficient (Wildman–Crippen LogP) is 3.32. The first-order valence-corrected chi connectivity index (χ1v) is 13.0. The number of hydrogen-bond acceptors (Lipinski definition) is 8. The summed E-state index contributed by atoms with van der Waals surface area (Å²) in [5.74, 6) is 0.810. The number of methoxy groups -OCH3 is 2. The van der Waals surface area contributed by atoms with Gasteiger partial charge >= 0.3 is 0 Å². The number of aryl methyl sites for hydroxylation is 1. The minimum atomic E-state index is -0.571. The Morgan fingerprint density at radius 2 is 1.90 bits per heavy atom. The molecule has 6 rings (SSSR count). The zero-order valence-electron chi connectivity index (χ0n) is 21.0. The third-order valence-corrected chi connectivity index (χ3v) is 8.08. The Labute approximate surface area is 226 Å². The molecule has 4 aromatic rings. The van der Waals surface area contributed by atoms with Gasteiger partial charge in [0.25, 0.3) is 11.2 Å². The number of nitrogens with zero attached hydrogens (tertiary/aromatic N) is 3. The van der Waals surface area contributed by atoms with Gasteiger partial charge in [-0.25, -0.2) is 4.99 Å². The molecular weight excluding hydrogens is 518 g/mol. The van der Waals surface area contributed by atoms with E-state index >= 15 is 0 Å². The first-order valence-electron chi connectivity index (χ1n) is 12.2. The molecule has 1 aliphatic carbocycles. The molecule has 0 spiro atoms. The molecule has 1 aromatic heterocycles. The van der Waals surface area contributed by atoms with Gasteiger partial charge in [0.05, 0.1) is 35.4 Å². The number of ether oxygens (including phenoxy) is 2. The molecule has 196 valence electrons. The van der Waals surface area contributed by atoms with Gasteiger partial charge in [-0.05, 0) is 53.8 Å². The summed E-state index contributed by atoms with van der Waals surface area (Å²) >= 11 is 1.15. The lowest BCUT2D eigenvalue weighted by molar-refractivity contribution is -0.385. The minimum Gasteiger partial charge on any atom is -0.872 e. The van der Waals surface area contributed by atoms with E-state index in [0.29, 0.717) is 22.7 Å². The summed E-state index contributed by atoms with van der Waals surface area (Å²) in [6, 6.07) is 16.5. The molecule has 9 nitrogen and oxygen atoms in total. The number of nitro benzene ring substituents is 1. The first-order chi connectivity index (χ1) is 18.9. The highest BCUT2D eigenvalue weighted by atomic mass is 32.1. The standard InChI is InChI=1S/C29H23N3O6S/c1-37-19-9-12-24(38-2)22(15-19)27-21-10-7-16-5-3-4-6-20(16)26(21)30-29-31(27)28(34)25(39-29)14-17-13-18(32(35)36)8-11-23(17)33/h3-6,8-9,11-15,27,33H,7,10H2,1-2H3/p-1/b25-14+/t27-/m0/s1. The highest BCUT2D eigenvalue weighted by molar-refractivity contribution is 7.07. The lowest BCUT2D eigenvalue weighted by atomic mass is 9.83. The Balaban J connectivity index is 1.65. The van der Waals surface area contributed by atoms with Crippen LogP contribution in [0.1, 0.15) is 34.7 Å². The van der Waals surface area contributed by atoms with E-state index in [1.165, 1.54) is 17.7 Å². The number of hydrogen-bond donors (Lipinski definition) is 0. The molecule has 0 radical (unpaired) electrons. The molecule has 0 bridgehead atoms. The Hall–Kier alpha value is -4.70. The van der Waals surface area contributed by atoms with Gasteiger partial charge in [-0.2, -0.15) is 0 Å². The van der Waals surface area contributed by atoms with Gasteiger partial charge in [0.1, 0.15) is 11.5 Å². The second-order valence-corrected chi connectivity index (χ2v) is 10.2. The number of nitro groups is 1. The maximum Gasteiger partial charge on any atom is 0.271 e. The van der Waals surface area contributed by atoms with Gasteiger partial charge in [0, 0.05) is 23.3 Å². The second-order valence-electron chi connectivity index (χ2n) is 9.20. The maximum atomic E-state index is 14.0. The molecule has 1 atom stereocenters. The lowest BCUT2D eigenvalue weighted by Crippen LogP contribution is -2.39. The molecule has 39 heavy (non-hydrogen) atoms. The SMILES string of the molecule is COc1ccc(OC)c([C@@H]2C3=C(N=c4s/c(=C/c5cc([N+](=O)[O-])ccc5[O-])c(=O)n42)c2ccccc2CC3)c1. The first kappa shape index (κ1) is 24.6. The van der Waals surface area contributed by atoms with Crippen LogP contribution < -0.4 is 29.5 Å². The number of thiazole rings is 1. The van der Waals surface area contributed by atoms with E-state index in [0.717, 1.165) is 52.3 Å². The third-order valence-electron chi connectivity index (χ3n) is 7.10. The van der Waals surface area contributed by atoms with Crippen molar-refractivity contribution in [2.24, 2.45) is 4.99 Å². The monoisotopic (exact) mass is 540 g/mol. The molecule has 0 N–H and O–H groups in total. The van der Waals surface area contributed by atoms with E-state index in [2.05, 4.69) is 6.07 Å². The van der Waals surface area contributed by atoms with Crippen LogP contribution in [-0.4, -0.2) is 23.7 Å². The van der Waals surface area contributed by atoms with Crippen LogP contribution in [0.4, 0.5) is 5.69 Å². The van der Waals surface area contributed by atoms with Crippen LogP contribution in [0.25, 0.3) is 11.8 Å². The fourth-order valence-corrected chi connectivity index (χ4v) is 6.25. The largest absolute Gasteiger partial charge is 0.872 e. The van der Waals surface area contributed by atoms with Gasteiger partial charge in [0.15, 0.2) is 4.80 Å². The fourth-order valence-electron chi connectivity index (χ4n) is 5.26. The quantitative estimate of drug-likeness (QED) is 0.283. The average molecular weight is 541 g/mol. The van der Waals surface area contributed by atoms with E-state index in [1.54, 1.807) is 24.9 Å². The Morgan fingerprint density at radius 1 is 1.08 bits per heavy atom. The van der Waals surface area contributed by atoms with E-state index in [9.17, 15) is 20.0 Å². The van der Waals surface area contributed by atoms with Crippen molar-refractivity contribution in [1.29, 1.82) is 0 Å². The number of non-ortho nitro benzene ring substituents is 1. The van der Waals surface area contributed by atoms with Gasteiger partial charge in [-0.15, -0.1) is 5.75 Å². The Kier molecular flexibility index (Phi) is 6.03. The highest BCUT2D eigenvalue weighted by Crippen LogP contribution is 2.44. The summed E-state index contributed by atoms with van der Waals surface area (Å²) < 4.78 is 13.1. The number of benzene rings is 3. The van der Waals surface area contributed by atoms with Crippen molar-refractivity contribution in [2.45, 2.75) is 18.9 Å². The summed E-state index contributed by atoms with van der Waals surface area (Å²) in [6.45, 7) is 0. The van der Waals surface area contributed by atoms with E-state index < -0.39 is 16.7 Å². The van der Waals surface area contributed by atoms with Crippen LogP contribution >= 0.6 is 11.3 Å². The summed E-state index contributed by atoms with van der Waals surface area (Å²) in [5.41, 5.74) is 4.26. The Bertz CT molecular complexity index is 1870. The molecule has 3 aromatic carbocycles. The molecular formula is C29H22N3O6S-. The van der Waals surface area contributed by atoms with Crippen molar-refractivity contribution in [2.75, 3.05) is 14.2 Å². The maximum absolute atomic E-state index is 14.0. The highest BCUT2D eigenvalue weighted by Gasteiger charge is 2.34.